The summed E-state index contributed by atoms with van der Waals surface area (Å²) in [6.07, 6.45) is -5.04. The Morgan fingerprint density at radius 1 is 1.04 bits per heavy atom. The molecule has 0 aliphatic carbocycles. The first-order valence-electron chi connectivity index (χ1n) is 15.5. The second-order valence-electron chi connectivity index (χ2n) is 13.5. The molecule has 0 spiro atoms. The van der Waals surface area contributed by atoms with Gasteiger partial charge in [-0.05, 0) is 22.2 Å². The molecule has 0 radical (unpaired) electrons. The average Bonchev–Trinajstić information content (AvgIpc) is 3.48. The first kappa shape index (κ1) is 37.6. The van der Waals surface area contributed by atoms with Crippen LogP contribution >= 0.6 is 0 Å². The van der Waals surface area contributed by atoms with Crippen LogP contribution in [0.1, 0.15) is 75.5 Å². The molecule has 2 aromatic heterocycles. The number of anilines is 1. The van der Waals surface area contributed by atoms with Gasteiger partial charge >= 0.3 is 32.7 Å². The minimum atomic E-state index is -6.20. The van der Waals surface area contributed by atoms with Gasteiger partial charge in [-0.2, -0.15) is 26.6 Å². The van der Waals surface area contributed by atoms with Crippen molar-refractivity contribution < 1.29 is 48.3 Å². The lowest BCUT2D eigenvalue weighted by Gasteiger charge is -2.51. The normalized spacial score (nSPS) is 25.1. The highest BCUT2D eigenvalue weighted by Gasteiger charge is 2.63. The summed E-state index contributed by atoms with van der Waals surface area (Å²) in [5, 5.41) is 2.47. The lowest BCUT2D eigenvalue weighted by Crippen LogP contribution is -2.66. The maximum atomic E-state index is 13.8. The molecule has 2 aliphatic heterocycles. The summed E-state index contributed by atoms with van der Waals surface area (Å²) in [5.41, 5.74) is -7.61. The van der Waals surface area contributed by atoms with Gasteiger partial charge in [-0.3, -0.25) is 28.6 Å². The summed E-state index contributed by atoms with van der Waals surface area (Å²) < 4.78 is 99.5. The number of fused-ring (bicyclic) bond motifs is 2. The predicted octanol–water partition coefficient (Wildman–Crippen LogP) is 4.80. The quantitative estimate of drug-likeness (QED) is 0.206. The number of nitrogens with zero attached hydrogens (tertiary/aromatic N) is 3. The number of imidazole rings is 1. The third kappa shape index (κ3) is 6.83. The first-order valence-corrected chi connectivity index (χ1v) is 20.9. The summed E-state index contributed by atoms with van der Waals surface area (Å²) in [4.78, 5) is 36.0. The molecule has 0 bridgehead atoms. The van der Waals surface area contributed by atoms with Gasteiger partial charge in [0.1, 0.15) is 12.2 Å². The van der Waals surface area contributed by atoms with Crippen molar-refractivity contribution >= 4 is 50.3 Å². The van der Waals surface area contributed by atoms with E-state index in [9.17, 15) is 31.2 Å². The lowest BCUT2D eigenvalue weighted by molar-refractivity contribution is -0.118. The molecule has 20 heteroatoms. The Kier molecular flexibility index (Phi) is 10.6. The number of rotatable bonds is 9. The number of hydrogen-bond acceptors (Lipinski definition) is 11. The summed E-state index contributed by atoms with van der Waals surface area (Å²) in [6, 6.07) is 0. The van der Waals surface area contributed by atoms with Crippen molar-refractivity contribution in [1.82, 2.24) is 19.5 Å². The van der Waals surface area contributed by atoms with Gasteiger partial charge in [0, 0.05) is 5.92 Å². The molecule has 0 saturated carbocycles. The molecule has 47 heavy (non-hydrogen) atoms. The Labute approximate surface area is 273 Å². The largest absolute Gasteiger partial charge is 0.523 e. The van der Waals surface area contributed by atoms with Gasteiger partial charge in [0.05, 0.1) is 12.9 Å². The standard InChI is InChI=1S/C27H44F3N5O9SSi2/c1-13(2)23(36)33-26-32-22-19(24(37)34-26)31-12-35(22)25-21(42-45(38,39)27(28,29)30)20-18(41-25)11-40-46(14(3)4,15(5)6)44-47(43-20,16(7)8)17(9)10/h12-18,20-21,25H,11H2,1-10H3,(H2,32,33,34,36,37)/t18-,20+,21-,25-/m1/s1. The van der Waals surface area contributed by atoms with Crippen LogP contribution < -0.4 is 10.9 Å². The lowest BCUT2D eigenvalue weighted by atomic mass is 10.1. The molecular formula is C27H44F3N5O9SSi2. The number of ether oxygens (including phenoxy) is 1. The van der Waals surface area contributed by atoms with Crippen molar-refractivity contribution in [3.63, 3.8) is 0 Å². The van der Waals surface area contributed by atoms with E-state index in [1.807, 2.05) is 55.4 Å². The van der Waals surface area contributed by atoms with Gasteiger partial charge in [-0.15, -0.1) is 0 Å². The van der Waals surface area contributed by atoms with Gasteiger partial charge in [0.15, 0.2) is 23.5 Å². The summed E-state index contributed by atoms with van der Waals surface area (Å²) in [7, 11) is -12.8. The highest BCUT2D eigenvalue weighted by Crippen LogP contribution is 2.49. The number of aromatic nitrogens is 4. The van der Waals surface area contributed by atoms with Crippen LogP contribution in [0, 0.1) is 5.92 Å². The van der Waals surface area contributed by atoms with Crippen LogP contribution in [0.25, 0.3) is 11.2 Å². The van der Waals surface area contributed by atoms with E-state index in [1.165, 1.54) is 0 Å². The van der Waals surface area contributed by atoms with E-state index >= 15 is 0 Å². The number of carbonyl (C=O) groups is 1. The van der Waals surface area contributed by atoms with Crippen molar-refractivity contribution in [2.45, 2.75) is 121 Å². The molecule has 1 amide bonds. The second kappa shape index (κ2) is 13.3. The van der Waals surface area contributed by atoms with Crippen LogP contribution in [0.4, 0.5) is 19.1 Å². The minimum absolute atomic E-state index is 0.0603. The molecule has 4 rings (SSSR count). The first-order chi connectivity index (χ1) is 21.6. The van der Waals surface area contributed by atoms with Crippen molar-refractivity contribution in [3.8, 4) is 0 Å². The van der Waals surface area contributed by atoms with Gasteiger partial charge in [-0.1, -0.05) is 69.2 Å². The average molecular weight is 728 g/mol. The van der Waals surface area contributed by atoms with Crippen LogP contribution in [-0.4, -0.2) is 81.4 Å². The zero-order valence-electron chi connectivity index (χ0n) is 28.0. The zero-order chi connectivity index (χ0) is 35.4. The smallest absolute Gasteiger partial charge is 0.414 e. The summed E-state index contributed by atoms with van der Waals surface area (Å²) in [6.45, 7) is 18.6. The van der Waals surface area contributed by atoms with E-state index in [4.69, 9.17) is 21.9 Å². The van der Waals surface area contributed by atoms with Gasteiger partial charge < -0.3 is 17.7 Å². The fourth-order valence-corrected chi connectivity index (χ4v) is 17.9. The number of halogens is 3. The molecule has 2 saturated heterocycles. The Morgan fingerprint density at radius 3 is 2.13 bits per heavy atom. The van der Waals surface area contributed by atoms with Crippen LogP contribution in [0.2, 0.25) is 22.2 Å². The summed E-state index contributed by atoms with van der Waals surface area (Å²) in [5.74, 6) is -1.20. The van der Waals surface area contributed by atoms with Gasteiger partial charge in [0.25, 0.3) is 5.56 Å². The van der Waals surface area contributed by atoms with E-state index in [1.54, 1.807) is 13.8 Å². The van der Waals surface area contributed by atoms with Crippen LogP contribution in [0.15, 0.2) is 11.1 Å². The number of amides is 1. The molecule has 4 atom stereocenters. The van der Waals surface area contributed by atoms with E-state index in [-0.39, 0.29) is 45.9 Å². The highest BCUT2D eigenvalue weighted by atomic mass is 32.2. The Balaban J connectivity index is 1.93. The maximum Gasteiger partial charge on any atom is 0.523 e. The monoisotopic (exact) mass is 727 g/mol. The number of H-pyrrole nitrogens is 1. The van der Waals surface area contributed by atoms with E-state index < -0.39 is 74.7 Å². The third-order valence-electron chi connectivity index (χ3n) is 8.61. The van der Waals surface area contributed by atoms with Crippen molar-refractivity contribution in [2.24, 2.45) is 5.92 Å². The number of alkyl halides is 3. The molecule has 2 aliphatic rings. The number of carbonyl (C=O) groups excluding carboxylic acids is 1. The SMILES string of the molecule is CC(C)C(=O)Nc1nc2c(ncn2[C@@H]2O[C@@H]3CO[Si](C(C)C)(C(C)C)O[Si](C(C)C)(C(C)C)O[C@@H]3[C@H]2OS(=O)(=O)C(F)(F)F)c(=O)[nH]1. The zero-order valence-corrected chi connectivity index (χ0v) is 30.9. The highest BCUT2D eigenvalue weighted by molar-refractivity contribution is 7.87. The third-order valence-corrected chi connectivity index (χ3v) is 19.9. The Morgan fingerprint density at radius 2 is 1.62 bits per heavy atom. The molecule has 2 aromatic rings. The van der Waals surface area contributed by atoms with Gasteiger partial charge in [0.2, 0.25) is 11.9 Å². The van der Waals surface area contributed by atoms with Crippen molar-refractivity contribution in [2.75, 3.05) is 11.9 Å². The number of aromatic amines is 1. The van der Waals surface area contributed by atoms with Crippen LogP contribution in [0.5, 0.6) is 0 Å². The van der Waals surface area contributed by atoms with Gasteiger partial charge in [-0.25, -0.2) is 4.98 Å². The number of hydrogen-bond donors (Lipinski definition) is 2. The molecule has 4 heterocycles. The molecule has 266 valence electrons. The Bertz CT molecular complexity index is 1620. The van der Waals surface area contributed by atoms with E-state index in [2.05, 4.69) is 20.3 Å². The minimum Gasteiger partial charge on any atom is -0.414 e. The van der Waals surface area contributed by atoms with E-state index in [0.29, 0.717) is 0 Å². The molecular weight excluding hydrogens is 684 g/mol. The maximum absolute atomic E-state index is 13.8. The molecule has 0 aromatic carbocycles. The molecule has 14 nitrogen and oxygen atoms in total. The molecule has 2 N–H and O–H groups in total. The van der Waals surface area contributed by atoms with E-state index in [0.717, 1.165) is 10.9 Å². The fourth-order valence-electron chi connectivity index (χ4n) is 6.08. The van der Waals surface area contributed by atoms with Crippen LogP contribution in [0.3, 0.4) is 0 Å². The second-order valence-corrected chi connectivity index (χ2v) is 23.9. The topological polar surface area (TPSA) is 173 Å². The van der Waals surface area contributed by atoms with Crippen molar-refractivity contribution in [1.29, 1.82) is 0 Å². The Hall–Kier alpha value is -2.21. The van der Waals surface area contributed by atoms with Crippen molar-refractivity contribution in [3.05, 3.63) is 16.7 Å². The predicted molar refractivity (Wildman–Crippen MR) is 169 cm³/mol. The molecule has 2 fully saturated rings. The molecule has 0 unspecified atom stereocenters. The number of nitrogens with one attached hydrogen (secondary N) is 2. The fraction of sp³-hybridized carbons (Fsp3) is 0.778. The van der Waals surface area contributed by atoms with Crippen LogP contribution in [-0.2, 0) is 36.8 Å². The summed E-state index contributed by atoms with van der Waals surface area (Å²) >= 11 is 0.